The van der Waals surface area contributed by atoms with Gasteiger partial charge in [0, 0.05) is 5.69 Å². The second-order valence-corrected chi connectivity index (χ2v) is 14.1. The molecule has 206 valence electrons. The number of aromatic hydroxyl groups is 1. The van der Waals surface area contributed by atoms with Crippen LogP contribution in [-0.2, 0) is 10.0 Å². The van der Waals surface area contributed by atoms with Gasteiger partial charge in [-0.1, -0.05) is 100.0 Å². The Morgan fingerprint density at radius 3 is 1.88 bits per heavy atom. The number of benzene rings is 4. The second-order valence-electron chi connectivity index (χ2n) is 12.5. The molecule has 4 aromatic rings. The van der Waals surface area contributed by atoms with Crippen LogP contribution in [0.4, 0.5) is 5.69 Å². The molecule has 0 heterocycles. The molecular formula is C35H37NO3S. The van der Waals surface area contributed by atoms with Gasteiger partial charge in [-0.15, -0.1) is 0 Å². The molecule has 0 bridgehead atoms. The van der Waals surface area contributed by atoms with Crippen molar-refractivity contribution in [3.63, 3.8) is 0 Å². The molecule has 40 heavy (non-hydrogen) atoms. The molecule has 0 radical (unpaired) electrons. The fourth-order valence-corrected chi connectivity index (χ4v) is 7.49. The molecule has 0 saturated heterocycles. The van der Waals surface area contributed by atoms with E-state index in [9.17, 15) is 13.5 Å². The van der Waals surface area contributed by atoms with Crippen molar-refractivity contribution in [1.29, 1.82) is 0 Å². The highest BCUT2D eigenvalue weighted by Gasteiger charge is 2.37. The minimum Gasteiger partial charge on any atom is -0.508 e. The summed E-state index contributed by atoms with van der Waals surface area (Å²) in [6.07, 6.45) is 3.23. The lowest BCUT2D eigenvalue weighted by atomic mass is 9.62. The van der Waals surface area contributed by atoms with E-state index in [2.05, 4.69) is 56.7 Å². The molecule has 0 spiro atoms. The topological polar surface area (TPSA) is 66.4 Å². The highest BCUT2D eigenvalue weighted by atomic mass is 32.2. The molecule has 1 aliphatic rings. The predicted octanol–water partition coefficient (Wildman–Crippen LogP) is 8.90. The molecule has 0 amide bonds. The maximum absolute atomic E-state index is 12.8. The molecule has 5 heteroatoms. The van der Waals surface area contributed by atoms with Crippen molar-refractivity contribution in [3.05, 3.63) is 120 Å². The first-order chi connectivity index (χ1) is 18.9. The normalized spacial score (nSPS) is 16.4. The maximum atomic E-state index is 12.8. The molecule has 5 rings (SSSR count). The lowest BCUT2D eigenvalue weighted by molar-refractivity contribution is 0.154. The summed E-state index contributed by atoms with van der Waals surface area (Å²) in [6, 6.07) is 31.9. The smallest absolute Gasteiger partial charge is 0.261 e. The lowest BCUT2D eigenvalue weighted by Gasteiger charge is -2.43. The Morgan fingerprint density at radius 2 is 1.27 bits per heavy atom. The van der Waals surface area contributed by atoms with E-state index in [-0.39, 0.29) is 21.5 Å². The first-order valence-electron chi connectivity index (χ1n) is 13.7. The summed E-state index contributed by atoms with van der Waals surface area (Å²) in [6.45, 7) is 9.41. The highest BCUT2D eigenvalue weighted by Crippen LogP contribution is 2.51. The van der Waals surface area contributed by atoms with Crippen LogP contribution in [-0.4, -0.2) is 13.5 Å². The van der Waals surface area contributed by atoms with Crippen molar-refractivity contribution >= 4 is 21.3 Å². The van der Waals surface area contributed by atoms with Gasteiger partial charge in [0.2, 0.25) is 0 Å². The van der Waals surface area contributed by atoms with Crippen molar-refractivity contribution in [1.82, 2.24) is 0 Å². The number of hydrogen-bond donors (Lipinski definition) is 2. The molecule has 4 aromatic carbocycles. The van der Waals surface area contributed by atoms with Crippen LogP contribution in [0.3, 0.4) is 0 Å². The standard InChI is InChI=1S/C35H37NO3S/c1-34(2)22-29(23-35(3,4)24-34)33(27-17-19-31(37)20-18-27)26-15-13-25(14-16-26)28-9-8-10-30(21-28)36-40(38,39)32-11-6-5-7-12-32/h5-21,36-37H,22-24H2,1-4H3. The van der Waals surface area contributed by atoms with Crippen LogP contribution in [0.15, 0.2) is 114 Å². The number of allylic oxidation sites excluding steroid dienone is 1. The summed E-state index contributed by atoms with van der Waals surface area (Å²) >= 11 is 0. The number of rotatable bonds is 6. The van der Waals surface area contributed by atoms with Gasteiger partial charge >= 0.3 is 0 Å². The van der Waals surface area contributed by atoms with Crippen LogP contribution < -0.4 is 4.72 Å². The van der Waals surface area contributed by atoms with Crippen LogP contribution in [0, 0.1) is 10.8 Å². The molecule has 1 fully saturated rings. The van der Waals surface area contributed by atoms with E-state index in [1.54, 1.807) is 48.5 Å². The number of sulfonamides is 1. The molecule has 0 aromatic heterocycles. The molecule has 0 aliphatic heterocycles. The zero-order valence-electron chi connectivity index (χ0n) is 23.6. The zero-order valence-corrected chi connectivity index (χ0v) is 24.4. The van der Waals surface area contributed by atoms with Crippen LogP contribution in [0.1, 0.15) is 58.1 Å². The van der Waals surface area contributed by atoms with E-state index in [0.717, 1.165) is 35.1 Å². The average molecular weight is 552 g/mol. The first-order valence-corrected chi connectivity index (χ1v) is 15.2. The summed E-state index contributed by atoms with van der Waals surface area (Å²) < 4.78 is 28.4. The quantitative estimate of drug-likeness (QED) is 0.251. The van der Waals surface area contributed by atoms with E-state index in [4.69, 9.17) is 0 Å². The van der Waals surface area contributed by atoms with Crippen molar-refractivity contribution in [2.24, 2.45) is 10.8 Å². The number of hydrogen-bond acceptors (Lipinski definition) is 3. The predicted molar refractivity (Wildman–Crippen MR) is 165 cm³/mol. The lowest BCUT2D eigenvalue weighted by Crippen LogP contribution is -2.30. The molecule has 0 unspecified atom stereocenters. The molecule has 0 atom stereocenters. The Kier molecular flexibility index (Phi) is 7.36. The van der Waals surface area contributed by atoms with Gasteiger partial charge in [-0.25, -0.2) is 8.42 Å². The summed E-state index contributed by atoms with van der Waals surface area (Å²) in [7, 11) is -3.67. The number of anilines is 1. The largest absolute Gasteiger partial charge is 0.508 e. The van der Waals surface area contributed by atoms with E-state index < -0.39 is 10.0 Å². The van der Waals surface area contributed by atoms with Crippen LogP contribution in [0.5, 0.6) is 5.75 Å². The minimum atomic E-state index is -3.67. The summed E-state index contributed by atoms with van der Waals surface area (Å²) in [5.74, 6) is 0.260. The molecule has 1 aliphatic carbocycles. The summed E-state index contributed by atoms with van der Waals surface area (Å²) in [5, 5.41) is 9.95. The SMILES string of the molecule is CC1(C)CC(=C(c2ccc(O)cc2)c2ccc(-c3cccc(NS(=O)(=O)c4ccccc4)c3)cc2)CC(C)(C)C1. The summed E-state index contributed by atoms with van der Waals surface area (Å²) in [4.78, 5) is 0.230. The van der Waals surface area contributed by atoms with Gasteiger partial charge in [-0.2, -0.15) is 0 Å². The van der Waals surface area contributed by atoms with Crippen molar-refractivity contribution in [2.45, 2.75) is 51.9 Å². The van der Waals surface area contributed by atoms with Gasteiger partial charge in [0.05, 0.1) is 4.90 Å². The van der Waals surface area contributed by atoms with Crippen LogP contribution in [0.25, 0.3) is 16.7 Å². The molecule has 2 N–H and O–H groups in total. The summed E-state index contributed by atoms with van der Waals surface area (Å²) in [5.41, 5.74) is 7.77. The number of phenolic OH excluding ortho intramolecular Hbond substituents is 1. The van der Waals surface area contributed by atoms with E-state index in [1.165, 1.54) is 17.6 Å². The second kappa shape index (κ2) is 10.6. The highest BCUT2D eigenvalue weighted by molar-refractivity contribution is 7.92. The zero-order chi connectivity index (χ0) is 28.5. The third-order valence-electron chi connectivity index (χ3n) is 7.53. The van der Waals surface area contributed by atoms with Crippen LogP contribution in [0.2, 0.25) is 0 Å². The third-order valence-corrected chi connectivity index (χ3v) is 8.92. The minimum absolute atomic E-state index is 0.201. The van der Waals surface area contributed by atoms with E-state index >= 15 is 0 Å². The van der Waals surface area contributed by atoms with E-state index in [0.29, 0.717) is 5.69 Å². The van der Waals surface area contributed by atoms with Crippen molar-refractivity contribution in [2.75, 3.05) is 4.72 Å². The molecular weight excluding hydrogens is 514 g/mol. The van der Waals surface area contributed by atoms with Crippen molar-refractivity contribution in [3.8, 4) is 16.9 Å². The third kappa shape index (κ3) is 6.31. The van der Waals surface area contributed by atoms with Crippen molar-refractivity contribution < 1.29 is 13.5 Å². The van der Waals surface area contributed by atoms with Gasteiger partial charge in [0.15, 0.2) is 0 Å². The maximum Gasteiger partial charge on any atom is 0.261 e. The monoisotopic (exact) mass is 551 g/mol. The fourth-order valence-electron chi connectivity index (χ4n) is 6.42. The fraction of sp³-hybridized carbons (Fsp3) is 0.257. The molecule has 4 nitrogen and oxygen atoms in total. The van der Waals surface area contributed by atoms with Gasteiger partial charge in [0.25, 0.3) is 10.0 Å². The Morgan fingerprint density at radius 1 is 0.700 bits per heavy atom. The van der Waals surface area contributed by atoms with E-state index in [1.807, 2.05) is 30.3 Å². The number of nitrogens with one attached hydrogen (secondary N) is 1. The van der Waals surface area contributed by atoms with Gasteiger partial charge in [-0.05, 0) is 94.3 Å². The van der Waals surface area contributed by atoms with Gasteiger partial charge < -0.3 is 5.11 Å². The average Bonchev–Trinajstić information content (AvgIpc) is 2.89. The Bertz CT molecular complexity index is 1620. The first kappa shape index (κ1) is 27.7. The van der Waals surface area contributed by atoms with Gasteiger partial charge in [-0.3, -0.25) is 4.72 Å². The Balaban J connectivity index is 1.50. The molecule has 1 saturated carbocycles. The Labute approximate surface area is 238 Å². The van der Waals surface area contributed by atoms with Gasteiger partial charge in [0.1, 0.15) is 5.75 Å². The van der Waals surface area contributed by atoms with Crippen LogP contribution >= 0.6 is 0 Å². The Hall–Kier alpha value is -3.83. The number of phenols is 1.